The molecule has 2 N–H and O–H groups in total. The summed E-state index contributed by atoms with van der Waals surface area (Å²) in [6, 6.07) is 5.36. The summed E-state index contributed by atoms with van der Waals surface area (Å²) in [6.45, 7) is 0. The lowest BCUT2D eigenvalue weighted by Gasteiger charge is -2.37. The van der Waals surface area contributed by atoms with Crippen LogP contribution in [0.25, 0.3) is 0 Å². The summed E-state index contributed by atoms with van der Waals surface area (Å²) in [5, 5.41) is 19.5. The van der Waals surface area contributed by atoms with Crippen molar-refractivity contribution in [2.45, 2.75) is 43.9 Å². The fraction of sp³-hybridized carbons (Fsp3) is 0.500. The standard InChI is InChI=1S/C14H16INO3/c15-12-4-1-8(5-13(12)18)14(19)16-9-2-3-10(16)7-11(17)6-9/h1,4-5,9-11,17-18H,2-3,6-7H2. The molecule has 2 heterocycles. The minimum Gasteiger partial charge on any atom is -0.507 e. The van der Waals surface area contributed by atoms with Crippen LogP contribution in [0.2, 0.25) is 0 Å². The van der Waals surface area contributed by atoms with Gasteiger partial charge in [0.15, 0.2) is 0 Å². The summed E-state index contributed by atoms with van der Waals surface area (Å²) in [4.78, 5) is 14.5. The molecule has 2 atom stereocenters. The van der Waals surface area contributed by atoms with E-state index in [0.29, 0.717) is 18.4 Å². The van der Waals surface area contributed by atoms with Crippen molar-refractivity contribution in [2.75, 3.05) is 0 Å². The highest BCUT2D eigenvalue weighted by atomic mass is 127. The van der Waals surface area contributed by atoms with E-state index < -0.39 is 0 Å². The fourth-order valence-electron chi connectivity index (χ4n) is 3.27. The maximum absolute atomic E-state index is 12.6. The Morgan fingerprint density at radius 1 is 1.26 bits per heavy atom. The van der Waals surface area contributed by atoms with Crippen LogP contribution in [-0.4, -0.2) is 39.2 Å². The summed E-state index contributed by atoms with van der Waals surface area (Å²) < 4.78 is 0.742. The van der Waals surface area contributed by atoms with Gasteiger partial charge in [-0.15, -0.1) is 0 Å². The maximum Gasteiger partial charge on any atom is 0.254 e. The lowest BCUT2D eigenvalue weighted by Crippen LogP contribution is -2.48. The van der Waals surface area contributed by atoms with E-state index >= 15 is 0 Å². The van der Waals surface area contributed by atoms with Crippen molar-refractivity contribution in [2.24, 2.45) is 0 Å². The number of rotatable bonds is 1. The van der Waals surface area contributed by atoms with Gasteiger partial charge in [-0.25, -0.2) is 0 Å². The van der Waals surface area contributed by atoms with E-state index in [9.17, 15) is 15.0 Å². The van der Waals surface area contributed by atoms with Crippen molar-refractivity contribution in [3.05, 3.63) is 27.3 Å². The third-order valence-electron chi connectivity index (χ3n) is 4.14. The predicted octanol–water partition coefficient (Wildman–Crippen LogP) is 2.12. The van der Waals surface area contributed by atoms with Crippen LogP contribution in [0.1, 0.15) is 36.0 Å². The lowest BCUT2D eigenvalue weighted by molar-refractivity contribution is 0.0286. The zero-order chi connectivity index (χ0) is 13.6. The number of piperidine rings is 1. The highest BCUT2D eigenvalue weighted by molar-refractivity contribution is 14.1. The van der Waals surface area contributed by atoms with Crippen molar-refractivity contribution in [1.29, 1.82) is 0 Å². The Hall–Kier alpha value is -0.820. The number of nitrogens with zero attached hydrogens (tertiary/aromatic N) is 1. The second-order valence-electron chi connectivity index (χ2n) is 5.39. The molecule has 0 radical (unpaired) electrons. The highest BCUT2D eigenvalue weighted by Gasteiger charge is 2.42. The van der Waals surface area contributed by atoms with E-state index in [4.69, 9.17) is 0 Å². The van der Waals surface area contributed by atoms with Gasteiger partial charge < -0.3 is 15.1 Å². The Balaban J connectivity index is 1.86. The summed E-state index contributed by atoms with van der Waals surface area (Å²) in [5.41, 5.74) is 0.534. The predicted molar refractivity (Wildman–Crippen MR) is 79.0 cm³/mol. The number of benzene rings is 1. The molecule has 2 aliphatic rings. The van der Waals surface area contributed by atoms with Gasteiger partial charge in [0, 0.05) is 17.6 Å². The number of hydrogen-bond donors (Lipinski definition) is 2. The largest absolute Gasteiger partial charge is 0.507 e. The summed E-state index contributed by atoms with van der Waals surface area (Å²) in [7, 11) is 0. The molecule has 0 saturated carbocycles. The zero-order valence-corrected chi connectivity index (χ0v) is 12.6. The number of amides is 1. The topological polar surface area (TPSA) is 60.8 Å². The molecule has 5 heteroatoms. The van der Waals surface area contributed by atoms with E-state index in [1.807, 2.05) is 27.5 Å². The van der Waals surface area contributed by atoms with Crippen LogP contribution in [0.5, 0.6) is 5.75 Å². The molecule has 2 bridgehead atoms. The molecule has 1 aromatic rings. The molecular weight excluding hydrogens is 357 g/mol. The number of aliphatic hydroxyl groups excluding tert-OH is 1. The average Bonchev–Trinajstić information content (AvgIpc) is 2.64. The van der Waals surface area contributed by atoms with Gasteiger partial charge in [-0.1, -0.05) is 0 Å². The van der Waals surface area contributed by atoms with Crippen molar-refractivity contribution >= 4 is 28.5 Å². The van der Waals surface area contributed by atoms with Gasteiger partial charge in [0.05, 0.1) is 9.67 Å². The Morgan fingerprint density at radius 3 is 2.47 bits per heavy atom. The summed E-state index contributed by atoms with van der Waals surface area (Å²) in [5.74, 6) is 0.127. The number of hydrogen-bond acceptors (Lipinski definition) is 3. The second-order valence-corrected chi connectivity index (χ2v) is 6.55. The Kier molecular flexibility index (Phi) is 3.42. The third-order valence-corrected chi connectivity index (χ3v) is 5.05. The number of aromatic hydroxyl groups is 1. The monoisotopic (exact) mass is 373 g/mol. The maximum atomic E-state index is 12.6. The molecule has 3 rings (SSSR count). The molecule has 2 aliphatic heterocycles. The van der Waals surface area contributed by atoms with Crippen LogP contribution in [0.4, 0.5) is 0 Å². The van der Waals surface area contributed by atoms with E-state index in [1.54, 1.807) is 12.1 Å². The number of halogens is 1. The van der Waals surface area contributed by atoms with Crippen LogP contribution in [-0.2, 0) is 0 Å². The quantitative estimate of drug-likeness (QED) is 0.742. The van der Waals surface area contributed by atoms with Gasteiger partial charge >= 0.3 is 0 Å². The van der Waals surface area contributed by atoms with Crippen LogP contribution in [0.15, 0.2) is 18.2 Å². The fourth-order valence-corrected chi connectivity index (χ4v) is 3.61. The molecular formula is C14H16INO3. The molecule has 0 aromatic heterocycles. The first-order valence-corrected chi connectivity index (χ1v) is 7.63. The van der Waals surface area contributed by atoms with E-state index in [0.717, 1.165) is 16.4 Å². The molecule has 2 unspecified atom stereocenters. The molecule has 4 nitrogen and oxygen atoms in total. The van der Waals surface area contributed by atoms with Crippen molar-refractivity contribution < 1.29 is 15.0 Å². The molecule has 0 spiro atoms. The third kappa shape index (κ3) is 2.33. The molecule has 102 valence electrons. The van der Waals surface area contributed by atoms with Crippen LogP contribution in [0, 0.1) is 3.57 Å². The van der Waals surface area contributed by atoms with Gasteiger partial charge in [-0.2, -0.15) is 0 Å². The summed E-state index contributed by atoms with van der Waals surface area (Å²) >= 11 is 2.03. The molecule has 1 amide bonds. The summed E-state index contributed by atoms with van der Waals surface area (Å²) in [6.07, 6.45) is 3.04. The number of carbonyl (C=O) groups is 1. The zero-order valence-electron chi connectivity index (χ0n) is 10.4. The first kappa shape index (κ1) is 13.2. The number of carbonyl (C=O) groups excluding carboxylic acids is 1. The van der Waals surface area contributed by atoms with E-state index in [1.165, 1.54) is 6.07 Å². The van der Waals surface area contributed by atoms with Crippen LogP contribution in [0.3, 0.4) is 0 Å². The Morgan fingerprint density at radius 2 is 1.89 bits per heavy atom. The van der Waals surface area contributed by atoms with Crippen molar-refractivity contribution in [1.82, 2.24) is 4.90 Å². The first-order chi connectivity index (χ1) is 9.06. The lowest BCUT2D eigenvalue weighted by atomic mass is 9.98. The Labute approximate surface area is 125 Å². The molecule has 19 heavy (non-hydrogen) atoms. The molecule has 1 aromatic carbocycles. The van der Waals surface area contributed by atoms with E-state index in [2.05, 4.69) is 0 Å². The number of fused-ring (bicyclic) bond motifs is 2. The minimum atomic E-state index is -0.272. The van der Waals surface area contributed by atoms with Gasteiger partial charge in [0.2, 0.25) is 0 Å². The van der Waals surface area contributed by atoms with Gasteiger partial charge in [0.1, 0.15) is 5.75 Å². The number of aliphatic hydroxyl groups is 1. The van der Waals surface area contributed by atoms with Gasteiger partial charge in [-0.05, 0) is 66.5 Å². The van der Waals surface area contributed by atoms with Crippen LogP contribution >= 0.6 is 22.6 Å². The highest BCUT2D eigenvalue weighted by Crippen LogP contribution is 2.37. The van der Waals surface area contributed by atoms with E-state index in [-0.39, 0.29) is 29.8 Å². The van der Waals surface area contributed by atoms with Crippen LogP contribution < -0.4 is 0 Å². The molecule has 2 fully saturated rings. The Bertz CT molecular complexity index is 505. The number of phenols is 1. The molecule has 2 saturated heterocycles. The smallest absolute Gasteiger partial charge is 0.254 e. The van der Waals surface area contributed by atoms with Crippen molar-refractivity contribution in [3.63, 3.8) is 0 Å². The second kappa shape index (κ2) is 4.94. The normalized spacial score (nSPS) is 29.6. The number of phenolic OH excluding ortho intramolecular Hbond substituents is 1. The minimum absolute atomic E-state index is 0.0221. The average molecular weight is 373 g/mol. The van der Waals surface area contributed by atoms with Crippen molar-refractivity contribution in [3.8, 4) is 5.75 Å². The SMILES string of the molecule is O=C(c1ccc(I)c(O)c1)N1C2CCC1CC(O)C2. The van der Waals surface area contributed by atoms with Gasteiger partial charge in [0.25, 0.3) is 5.91 Å². The van der Waals surface area contributed by atoms with Gasteiger partial charge in [-0.3, -0.25) is 4.79 Å². The first-order valence-electron chi connectivity index (χ1n) is 6.55. The molecule has 0 aliphatic carbocycles.